The van der Waals surface area contributed by atoms with Crippen LogP contribution in [0.5, 0.6) is 0 Å². The molecule has 0 bridgehead atoms. The Labute approximate surface area is 112 Å². The van der Waals surface area contributed by atoms with Crippen molar-refractivity contribution >= 4 is 40.0 Å². The molecule has 0 spiro atoms. The molecule has 0 aromatic heterocycles. The molecule has 3 nitrogen and oxygen atoms in total. The van der Waals surface area contributed by atoms with Gasteiger partial charge in [0, 0.05) is 0 Å². The Morgan fingerprint density at radius 3 is 2.00 bits per heavy atom. The van der Waals surface area contributed by atoms with Crippen molar-refractivity contribution < 1.29 is 13.8 Å². The van der Waals surface area contributed by atoms with Crippen LogP contribution >= 0.6 is 4.65 Å². The summed E-state index contributed by atoms with van der Waals surface area (Å²) in [4.78, 5) is 10.9. The van der Waals surface area contributed by atoms with Gasteiger partial charge in [0.15, 0.2) is 0 Å². The minimum atomic E-state index is -1.85. The van der Waals surface area contributed by atoms with Gasteiger partial charge in [0.1, 0.15) is 0 Å². The molecule has 0 amide bonds. The van der Waals surface area contributed by atoms with E-state index in [1.807, 2.05) is 27.7 Å². The Hall–Kier alpha value is 1.06. The molecule has 0 radical (unpaired) electrons. The summed E-state index contributed by atoms with van der Waals surface area (Å²) in [7, 11) is 0. The number of Topliss-reactive ketones (excluding diaryl/α,β-unsaturated/α-hetero) is 1. The normalized spacial score (nSPS) is 12.4. The summed E-state index contributed by atoms with van der Waals surface area (Å²) in [5.41, 5.74) is 0. The van der Waals surface area contributed by atoms with Crippen molar-refractivity contribution in [3.05, 3.63) is 0 Å². The molecule has 0 aliphatic carbocycles. The summed E-state index contributed by atoms with van der Waals surface area (Å²) in [5, 5.41) is 0.891. The topological polar surface area (TPSA) is 35.5 Å². The standard InChI is InChI=1S/C10H21O3PSe2/c1-8(2)12-14(15,13-9(3)4)16-7-6-10(5)11/h8-9H,6-7H2,1-5H3. The van der Waals surface area contributed by atoms with Crippen LogP contribution in [0, 0.1) is 0 Å². The first-order valence-corrected chi connectivity index (χ1v) is 12.6. The quantitative estimate of drug-likeness (QED) is 0.482. The fourth-order valence-corrected chi connectivity index (χ4v) is 12.5. The Kier molecular flexibility index (Phi) is 8.76. The maximum atomic E-state index is 10.9. The van der Waals surface area contributed by atoms with Gasteiger partial charge < -0.3 is 0 Å². The molecule has 0 aliphatic rings. The number of carbonyl (C=O) groups is 1. The van der Waals surface area contributed by atoms with Crippen molar-refractivity contribution in [1.82, 2.24) is 0 Å². The van der Waals surface area contributed by atoms with E-state index in [0.717, 1.165) is 5.32 Å². The third-order valence-corrected chi connectivity index (χ3v) is 12.4. The van der Waals surface area contributed by atoms with Crippen molar-refractivity contribution in [2.24, 2.45) is 0 Å². The zero-order valence-electron chi connectivity index (χ0n) is 10.6. The van der Waals surface area contributed by atoms with Crippen LogP contribution in [0.2, 0.25) is 5.32 Å². The fourth-order valence-electron chi connectivity index (χ4n) is 0.903. The van der Waals surface area contributed by atoms with Crippen LogP contribution < -0.4 is 0 Å². The second-order valence-electron chi connectivity index (χ2n) is 4.04. The molecule has 0 aromatic carbocycles. The van der Waals surface area contributed by atoms with Gasteiger partial charge in [-0.25, -0.2) is 0 Å². The monoisotopic (exact) mass is 380 g/mol. The Balaban J connectivity index is 4.30. The first-order valence-electron chi connectivity index (χ1n) is 5.36. The van der Waals surface area contributed by atoms with Gasteiger partial charge in [0.2, 0.25) is 0 Å². The van der Waals surface area contributed by atoms with E-state index in [9.17, 15) is 4.79 Å². The third-order valence-electron chi connectivity index (χ3n) is 1.38. The predicted molar refractivity (Wildman–Crippen MR) is 71.0 cm³/mol. The van der Waals surface area contributed by atoms with Crippen LogP contribution in [0.15, 0.2) is 0 Å². The molecule has 6 heteroatoms. The fraction of sp³-hybridized carbons (Fsp3) is 0.900. The van der Waals surface area contributed by atoms with E-state index in [2.05, 4.69) is 15.1 Å². The number of hydrogen-bond donors (Lipinski definition) is 0. The van der Waals surface area contributed by atoms with Crippen molar-refractivity contribution in [2.75, 3.05) is 0 Å². The van der Waals surface area contributed by atoms with E-state index in [-0.39, 0.29) is 32.5 Å². The van der Waals surface area contributed by atoms with Crippen molar-refractivity contribution in [3.8, 4) is 0 Å². The van der Waals surface area contributed by atoms with Crippen molar-refractivity contribution in [3.63, 3.8) is 0 Å². The van der Waals surface area contributed by atoms with E-state index >= 15 is 0 Å². The van der Waals surface area contributed by atoms with Crippen LogP contribution in [-0.4, -0.2) is 47.6 Å². The summed E-state index contributed by atoms with van der Waals surface area (Å²) in [6.45, 7) is 9.67. The molecule has 0 saturated heterocycles. The molecule has 0 N–H and O–H groups in total. The van der Waals surface area contributed by atoms with Gasteiger partial charge in [-0.3, -0.25) is 0 Å². The van der Waals surface area contributed by atoms with Crippen LogP contribution in [-0.2, 0) is 13.8 Å². The molecule has 0 aromatic rings. The van der Waals surface area contributed by atoms with Gasteiger partial charge in [-0.1, -0.05) is 0 Å². The van der Waals surface area contributed by atoms with Crippen molar-refractivity contribution in [2.45, 2.75) is 58.6 Å². The molecule has 0 rings (SSSR count). The number of carbonyl (C=O) groups excluding carboxylic acids is 1. The van der Waals surface area contributed by atoms with Gasteiger partial charge in [0.05, 0.1) is 0 Å². The van der Waals surface area contributed by atoms with Gasteiger partial charge in [-0.15, -0.1) is 0 Å². The average Bonchev–Trinajstić information content (AvgIpc) is 1.98. The first kappa shape index (κ1) is 17.1. The van der Waals surface area contributed by atoms with E-state index in [1.165, 1.54) is 0 Å². The van der Waals surface area contributed by atoms with E-state index in [1.54, 1.807) is 6.92 Å². The zero-order valence-corrected chi connectivity index (χ0v) is 14.9. The summed E-state index contributed by atoms with van der Waals surface area (Å²) >= 11 is 3.33. The molecular formula is C10H21O3PSe2. The second kappa shape index (κ2) is 8.21. The molecule has 96 valence electrons. The Morgan fingerprint density at radius 2 is 1.69 bits per heavy atom. The summed E-state index contributed by atoms with van der Waals surface area (Å²) in [6, 6.07) is 0. The van der Waals surface area contributed by atoms with Gasteiger partial charge in [0.25, 0.3) is 0 Å². The van der Waals surface area contributed by atoms with Crippen LogP contribution in [0.1, 0.15) is 41.0 Å². The first-order chi connectivity index (χ1) is 7.25. The van der Waals surface area contributed by atoms with Gasteiger partial charge in [-0.05, 0) is 0 Å². The number of ketones is 1. The van der Waals surface area contributed by atoms with E-state index in [4.69, 9.17) is 9.05 Å². The molecule has 0 atom stereocenters. The molecule has 0 aliphatic heterocycles. The maximum absolute atomic E-state index is 10.9. The SMILES string of the molecule is CC(=O)CC[Se]P(=[Se])(OC(C)C)OC(C)C. The van der Waals surface area contributed by atoms with Gasteiger partial charge >= 0.3 is 112 Å². The average molecular weight is 378 g/mol. The summed E-state index contributed by atoms with van der Waals surface area (Å²) in [6.07, 6.45) is 0.951. The number of rotatable bonds is 8. The Bertz CT molecular complexity index is 253. The second-order valence-corrected chi connectivity index (χ2v) is 17.7. The molecule has 16 heavy (non-hydrogen) atoms. The third kappa shape index (κ3) is 9.13. The molecule has 0 saturated carbocycles. The van der Waals surface area contributed by atoms with E-state index in [0.29, 0.717) is 6.42 Å². The summed E-state index contributed by atoms with van der Waals surface area (Å²) in [5.74, 6) is 0.238. The van der Waals surface area contributed by atoms with Crippen LogP contribution in [0.25, 0.3) is 0 Å². The number of hydrogen-bond acceptors (Lipinski definition) is 3. The predicted octanol–water partition coefficient (Wildman–Crippen LogP) is 2.78. The Morgan fingerprint density at radius 1 is 1.25 bits per heavy atom. The zero-order chi connectivity index (χ0) is 12.8. The molecular weight excluding hydrogens is 357 g/mol. The molecule has 0 heterocycles. The van der Waals surface area contributed by atoms with E-state index < -0.39 is 4.65 Å². The van der Waals surface area contributed by atoms with Gasteiger partial charge in [-0.2, -0.15) is 0 Å². The molecule has 0 unspecified atom stereocenters. The minimum absolute atomic E-state index is 0.160. The summed E-state index contributed by atoms with van der Waals surface area (Å²) < 4.78 is 9.91. The van der Waals surface area contributed by atoms with Crippen LogP contribution in [0.3, 0.4) is 0 Å². The molecule has 0 fully saturated rings. The van der Waals surface area contributed by atoms with Crippen molar-refractivity contribution in [1.29, 1.82) is 0 Å². The van der Waals surface area contributed by atoms with Crippen LogP contribution in [0.4, 0.5) is 0 Å².